The Balaban J connectivity index is 1.87. The maximum atomic E-state index is 13.1. The van der Waals surface area contributed by atoms with Gasteiger partial charge in [-0.25, -0.2) is 22.7 Å². The van der Waals surface area contributed by atoms with Gasteiger partial charge in [0.1, 0.15) is 5.54 Å². The first-order chi connectivity index (χ1) is 18.9. The zero-order chi connectivity index (χ0) is 29.4. The third-order valence-corrected chi connectivity index (χ3v) is 9.42. The van der Waals surface area contributed by atoms with Gasteiger partial charge in [0, 0.05) is 0 Å². The van der Waals surface area contributed by atoms with Gasteiger partial charge in [0.25, 0.3) is 10.0 Å². The first-order valence-electron chi connectivity index (χ1n) is 12.8. The summed E-state index contributed by atoms with van der Waals surface area (Å²) in [6.45, 7) is 7.08. The van der Waals surface area contributed by atoms with Crippen LogP contribution >= 0.6 is 7.60 Å². The third-order valence-electron chi connectivity index (χ3n) is 6.00. The lowest BCUT2D eigenvalue weighted by Gasteiger charge is -2.27. The molecule has 4 amide bonds. The van der Waals surface area contributed by atoms with E-state index >= 15 is 0 Å². The number of nitrogens with one attached hydrogen (secondary N) is 2. The molecule has 2 aromatic rings. The number of benzene rings is 2. The van der Waals surface area contributed by atoms with Gasteiger partial charge in [0.2, 0.25) is 0 Å². The number of amidine groups is 1. The quantitative estimate of drug-likeness (QED) is 0.324. The molecule has 40 heavy (non-hydrogen) atoms. The Hall–Kier alpha value is -3.09. The number of hydrogen-bond acceptors (Lipinski definition) is 8. The van der Waals surface area contributed by atoms with Crippen molar-refractivity contribution in [1.29, 1.82) is 0 Å². The number of carbonyl (C=O) groups is 2. The third kappa shape index (κ3) is 8.21. The maximum absolute atomic E-state index is 13.1. The first-order valence-corrected chi connectivity index (χ1v) is 16.0. The maximum Gasteiger partial charge on any atom is 0.356 e. The predicted octanol–water partition coefficient (Wildman–Crippen LogP) is 4.41. The van der Waals surface area contributed by atoms with E-state index in [0.717, 1.165) is 16.2 Å². The van der Waals surface area contributed by atoms with Crippen LogP contribution in [0.2, 0.25) is 0 Å². The van der Waals surface area contributed by atoms with E-state index in [-0.39, 0.29) is 43.1 Å². The van der Waals surface area contributed by atoms with Crippen molar-refractivity contribution in [2.24, 2.45) is 4.99 Å². The SMILES string of the molecule is CCOP(=O)(CCC1(C)NC(=O)N(OCCc2ccccc2)/C1=N\C(=O)NS(=O)(=O)c1ccc(C)cc1)OCC. The predicted molar refractivity (Wildman–Crippen MR) is 150 cm³/mol. The van der Waals surface area contributed by atoms with Crippen LogP contribution in [0.4, 0.5) is 9.59 Å². The summed E-state index contributed by atoms with van der Waals surface area (Å²) in [7, 11) is -7.76. The van der Waals surface area contributed by atoms with E-state index in [1.165, 1.54) is 12.1 Å². The van der Waals surface area contributed by atoms with Gasteiger partial charge in [-0.2, -0.15) is 10.1 Å². The molecule has 1 saturated heterocycles. The molecule has 218 valence electrons. The van der Waals surface area contributed by atoms with Gasteiger partial charge in [0.05, 0.1) is 30.9 Å². The van der Waals surface area contributed by atoms with Gasteiger partial charge in [-0.15, -0.1) is 0 Å². The minimum Gasteiger partial charge on any atom is -0.323 e. The fourth-order valence-electron chi connectivity index (χ4n) is 3.96. The van der Waals surface area contributed by atoms with Crippen LogP contribution in [0, 0.1) is 6.92 Å². The summed E-state index contributed by atoms with van der Waals surface area (Å²) in [6, 6.07) is 13.4. The van der Waals surface area contributed by atoms with Crippen LogP contribution < -0.4 is 10.0 Å². The summed E-state index contributed by atoms with van der Waals surface area (Å²) >= 11 is 0. The minimum atomic E-state index is -4.25. The Morgan fingerprint density at radius 3 is 2.30 bits per heavy atom. The highest BCUT2D eigenvalue weighted by Crippen LogP contribution is 2.49. The molecule has 0 aliphatic carbocycles. The molecule has 1 fully saturated rings. The van der Waals surface area contributed by atoms with E-state index < -0.39 is 35.2 Å². The van der Waals surface area contributed by atoms with Gasteiger partial charge in [-0.05, 0) is 58.2 Å². The second-order valence-corrected chi connectivity index (χ2v) is 13.1. The van der Waals surface area contributed by atoms with Gasteiger partial charge in [-0.1, -0.05) is 48.0 Å². The fraction of sp³-hybridized carbons (Fsp3) is 0.423. The van der Waals surface area contributed by atoms with Crippen molar-refractivity contribution in [3.63, 3.8) is 0 Å². The molecule has 14 heteroatoms. The smallest absolute Gasteiger partial charge is 0.323 e. The summed E-state index contributed by atoms with van der Waals surface area (Å²) in [5.41, 5.74) is 0.440. The molecule has 1 heterocycles. The van der Waals surface area contributed by atoms with E-state index in [4.69, 9.17) is 13.9 Å². The molecule has 0 spiro atoms. The molecule has 0 saturated carbocycles. The summed E-state index contributed by atoms with van der Waals surface area (Å²) in [5, 5.41) is 3.54. The van der Waals surface area contributed by atoms with Crippen molar-refractivity contribution in [3.8, 4) is 0 Å². The van der Waals surface area contributed by atoms with E-state index in [1.807, 2.05) is 35.1 Å². The van der Waals surface area contributed by atoms with E-state index in [2.05, 4.69) is 10.3 Å². The zero-order valence-electron chi connectivity index (χ0n) is 23.0. The van der Waals surface area contributed by atoms with Crippen LogP contribution in [0.25, 0.3) is 0 Å². The van der Waals surface area contributed by atoms with E-state index in [9.17, 15) is 22.6 Å². The Morgan fingerprint density at radius 1 is 1.07 bits per heavy atom. The second-order valence-electron chi connectivity index (χ2n) is 9.20. The van der Waals surface area contributed by atoms with Crippen molar-refractivity contribution in [2.75, 3.05) is 26.0 Å². The summed E-state index contributed by atoms with van der Waals surface area (Å²) in [4.78, 5) is 35.4. The highest BCUT2D eigenvalue weighted by Gasteiger charge is 2.48. The monoisotopic (exact) mass is 594 g/mol. The largest absolute Gasteiger partial charge is 0.356 e. The molecule has 1 atom stereocenters. The molecule has 0 bridgehead atoms. The molecule has 2 N–H and O–H groups in total. The number of aryl methyl sites for hydroxylation is 1. The molecular formula is C26H35N4O8PS. The second kappa shape index (κ2) is 13.5. The number of rotatable bonds is 13. The Bertz CT molecular complexity index is 1360. The Kier molecular flexibility index (Phi) is 10.6. The average molecular weight is 595 g/mol. The number of carbonyl (C=O) groups excluding carboxylic acids is 2. The highest BCUT2D eigenvalue weighted by atomic mass is 32.2. The number of nitrogens with zero attached hydrogens (tertiary/aromatic N) is 2. The van der Waals surface area contributed by atoms with Crippen LogP contribution in [0.15, 0.2) is 64.5 Å². The molecular weight excluding hydrogens is 559 g/mol. The van der Waals surface area contributed by atoms with Crippen LogP contribution in [0.3, 0.4) is 0 Å². The average Bonchev–Trinajstić information content (AvgIpc) is 3.12. The van der Waals surface area contributed by atoms with Crippen molar-refractivity contribution in [1.82, 2.24) is 15.1 Å². The topological polar surface area (TPSA) is 153 Å². The van der Waals surface area contributed by atoms with E-state index in [1.54, 1.807) is 39.8 Å². The molecule has 1 aliphatic rings. The number of urea groups is 2. The minimum absolute atomic E-state index is 0.00854. The van der Waals surface area contributed by atoms with Crippen LogP contribution in [-0.2, 0) is 34.9 Å². The normalized spacial score (nSPS) is 18.6. The molecule has 1 unspecified atom stereocenters. The van der Waals surface area contributed by atoms with Gasteiger partial charge in [0.15, 0.2) is 5.84 Å². The lowest BCUT2D eigenvalue weighted by molar-refractivity contribution is -0.0547. The zero-order valence-corrected chi connectivity index (χ0v) is 24.7. The lowest BCUT2D eigenvalue weighted by Crippen LogP contribution is -2.46. The van der Waals surface area contributed by atoms with Crippen molar-refractivity contribution in [2.45, 2.75) is 51.0 Å². The van der Waals surface area contributed by atoms with Crippen molar-refractivity contribution >= 4 is 35.5 Å². The number of aliphatic imine (C=N–C) groups is 1. The van der Waals surface area contributed by atoms with Crippen LogP contribution in [-0.4, -0.2) is 62.9 Å². The molecule has 3 rings (SSSR count). The first kappa shape index (κ1) is 31.4. The van der Waals surface area contributed by atoms with Gasteiger partial charge >= 0.3 is 19.7 Å². The summed E-state index contributed by atoms with van der Waals surface area (Å²) < 4.78 is 51.3. The van der Waals surface area contributed by atoms with Crippen LogP contribution in [0.5, 0.6) is 0 Å². The molecule has 1 aliphatic heterocycles. The Labute approximate surface area is 234 Å². The molecule has 0 aromatic heterocycles. The number of amides is 4. The Morgan fingerprint density at radius 2 is 1.70 bits per heavy atom. The van der Waals surface area contributed by atoms with Crippen molar-refractivity contribution < 1.29 is 36.5 Å². The number of hydrogen-bond donors (Lipinski definition) is 2. The lowest BCUT2D eigenvalue weighted by atomic mass is 9.99. The molecule has 12 nitrogen and oxygen atoms in total. The fourth-order valence-corrected chi connectivity index (χ4v) is 6.68. The van der Waals surface area contributed by atoms with Crippen molar-refractivity contribution in [3.05, 3.63) is 65.7 Å². The summed E-state index contributed by atoms with van der Waals surface area (Å²) in [5.74, 6) is -0.193. The van der Waals surface area contributed by atoms with Gasteiger partial charge in [-0.3, -0.25) is 9.40 Å². The van der Waals surface area contributed by atoms with Crippen LogP contribution in [0.1, 0.15) is 38.3 Å². The number of sulfonamides is 1. The van der Waals surface area contributed by atoms with E-state index in [0.29, 0.717) is 6.42 Å². The molecule has 0 radical (unpaired) electrons. The van der Waals surface area contributed by atoms with Gasteiger partial charge < -0.3 is 14.4 Å². The molecule has 2 aromatic carbocycles. The highest BCUT2D eigenvalue weighted by molar-refractivity contribution is 7.90. The number of hydroxylamine groups is 2. The standard InChI is InChI=1S/C26H35N4O8PS/c1-5-37-39(33,38-6-2)19-17-26(4)23(27-24(31)29-40(34,35)22-14-12-20(3)13-15-22)30(25(32)28-26)36-18-16-21-10-8-7-9-11-21/h7-15H,5-6,16-19H2,1-4H3,(H,28,32)(H,29,31)/b27-23-. The summed E-state index contributed by atoms with van der Waals surface area (Å²) in [6.07, 6.45) is 0.337.